The highest BCUT2D eigenvalue weighted by Crippen LogP contribution is 2.44. The molecule has 132 valence electrons. The molecule has 0 saturated carbocycles. The summed E-state index contributed by atoms with van der Waals surface area (Å²) in [7, 11) is 0. The quantitative estimate of drug-likeness (QED) is 0.732. The number of nitrogens with zero attached hydrogens (tertiary/aromatic N) is 2. The summed E-state index contributed by atoms with van der Waals surface area (Å²) in [6.45, 7) is 0.477. The van der Waals surface area contributed by atoms with Crippen LogP contribution in [-0.2, 0) is 4.74 Å². The number of aromatic nitrogens is 2. The van der Waals surface area contributed by atoms with Crippen LogP contribution in [0.15, 0.2) is 67.1 Å². The van der Waals surface area contributed by atoms with Crippen molar-refractivity contribution in [2.75, 3.05) is 13.2 Å². The van der Waals surface area contributed by atoms with Crippen LogP contribution in [-0.4, -0.2) is 29.2 Å². The number of ether oxygens (including phenoxy) is 1. The lowest BCUT2D eigenvalue weighted by molar-refractivity contribution is 0.144. The first-order valence-electron chi connectivity index (χ1n) is 8.66. The molecule has 1 heterocycles. The van der Waals surface area contributed by atoms with Gasteiger partial charge in [0.05, 0.1) is 12.7 Å². The predicted molar refractivity (Wildman–Crippen MR) is 102 cm³/mol. The molecular weight excluding hydrogens is 338 g/mol. The molecule has 0 spiro atoms. The van der Waals surface area contributed by atoms with Crippen molar-refractivity contribution in [1.29, 1.82) is 0 Å². The lowest BCUT2D eigenvalue weighted by atomic mass is 9.98. The number of nitrogens with one attached hydrogen (secondary N) is 1. The third-order valence-corrected chi connectivity index (χ3v) is 4.44. The van der Waals surface area contributed by atoms with Gasteiger partial charge in [-0.3, -0.25) is 4.98 Å². The largest absolute Gasteiger partial charge is 0.449 e. The van der Waals surface area contributed by atoms with E-state index in [1.165, 1.54) is 22.3 Å². The summed E-state index contributed by atoms with van der Waals surface area (Å²) in [5.74, 6) is 5.71. The van der Waals surface area contributed by atoms with Gasteiger partial charge in [0.1, 0.15) is 12.3 Å². The number of fused-ring (bicyclic) bond motifs is 3. The van der Waals surface area contributed by atoms with E-state index in [9.17, 15) is 4.79 Å². The Morgan fingerprint density at radius 3 is 2.41 bits per heavy atom. The topological polar surface area (TPSA) is 64.1 Å². The highest BCUT2D eigenvalue weighted by Gasteiger charge is 2.28. The fourth-order valence-electron chi connectivity index (χ4n) is 3.26. The van der Waals surface area contributed by atoms with Crippen molar-refractivity contribution in [3.8, 4) is 23.0 Å². The van der Waals surface area contributed by atoms with E-state index in [0.29, 0.717) is 5.69 Å². The maximum absolute atomic E-state index is 12.0. The van der Waals surface area contributed by atoms with Crippen LogP contribution in [0.1, 0.15) is 22.7 Å². The molecule has 1 N–H and O–H groups in total. The molecule has 0 atom stereocenters. The van der Waals surface area contributed by atoms with Crippen molar-refractivity contribution < 1.29 is 9.53 Å². The van der Waals surface area contributed by atoms with Crippen molar-refractivity contribution in [2.24, 2.45) is 0 Å². The SMILES string of the molecule is O=C(NCC#Cc1cnccn1)OCC1c2ccccc2-c2ccccc21. The number of alkyl carbamates (subject to hydrolysis) is 1. The summed E-state index contributed by atoms with van der Waals surface area (Å²) in [5.41, 5.74) is 5.35. The third kappa shape index (κ3) is 3.65. The second-order valence-corrected chi connectivity index (χ2v) is 6.07. The van der Waals surface area contributed by atoms with Crippen LogP contribution >= 0.6 is 0 Å². The van der Waals surface area contributed by atoms with Gasteiger partial charge in [-0.15, -0.1) is 0 Å². The molecular formula is C22H17N3O2. The normalized spacial score (nSPS) is 11.7. The van der Waals surface area contributed by atoms with E-state index in [-0.39, 0.29) is 19.1 Å². The lowest BCUT2D eigenvalue weighted by Gasteiger charge is -2.14. The van der Waals surface area contributed by atoms with Gasteiger partial charge in [-0.2, -0.15) is 0 Å². The van der Waals surface area contributed by atoms with Crippen LogP contribution < -0.4 is 5.32 Å². The summed E-state index contributed by atoms with van der Waals surface area (Å²) in [5, 5.41) is 2.64. The number of carbonyl (C=O) groups is 1. The summed E-state index contributed by atoms with van der Waals surface area (Å²) >= 11 is 0. The van der Waals surface area contributed by atoms with Crippen LogP contribution in [0.5, 0.6) is 0 Å². The molecule has 3 aromatic rings. The van der Waals surface area contributed by atoms with Crippen molar-refractivity contribution in [3.05, 3.63) is 83.9 Å². The Morgan fingerprint density at radius 2 is 1.74 bits per heavy atom. The molecule has 4 rings (SSSR count). The minimum Gasteiger partial charge on any atom is -0.449 e. The molecule has 0 aliphatic heterocycles. The van der Waals surface area contributed by atoms with E-state index in [1.54, 1.807) is 18.6 Å². The van der Waals surface area contributed by atoms with Crippen molar-refractivity contribution >= 4 is 6.09 Å². The number of hydrogen-bond donors (Lipinski definition) is 1. The second kappa shape index (κ2) is 7.71. The average molecular weight is 355 g/mol. The maximum Gasteiger partial charge on any atom is 0.407 e. The molecule has 0 bridgehead atoms. The third-order valence-electron chi connectivity index (χ3n) is 4.44. The van der Waals surface area contributed by atoms with Crippen LogP contribution in [0.2, 0.25) is 0 Å². The zero-order valence-corrected chi connectivity index (χ0v) is 14.6. The molecule has 1 aliphatic rings. The van der Waals surface area contributed by atoms with Gasteiger partial charge < -0.3 is 10.1 Å². The summed E-state index contributed by atoms with van der Waals surface area (Å²) in [4.78, 5) is 20.0. The predicted octanol–water partition coefficient (Wildman–Crippen LogP) is 3.37. The first-order chi connectivity index (χ1) is 13.3. The maximum atomic E-state index is 12.0. The summed E-state index contributed by atoms with van der Waals surface area (Å²) in [6, 6.07) is 16.5. The van der Waals surface area contributed by atoms with E-state index >= 15 is 0 Å². The molecule has 0 radical (unpaired) electrons. The zero-order chi connectivity index (χ0) is 18.5. The Bertz CT molecular complexity index is 977. The summed E-state index contributed by atoms with van der Waals surface area (Å²) in [6.07, 6.45) is 4.24. The molecule has 5 heteroatoms. The lowest BCUT2D eigenvalue weighted by Crippen LogP contribution is -2.26. The highest BCUT2D eigenvalue weighted by atomic mass is 16.5. The Kier molecular flexibility index (Phi) is 4.80. The Hall–Kier alpha value is -3.65. The average Bonchev–Trinajstić information content (AvgIpc) is 3.04. The van der Waals surface area contributed by atoms with Gasteiger partial charge in [0.15, 0.2) is 0 Å². The van der Waals surface area contributed by atoms with Gasteiger partial charge in [-0.1, -0.05) is 54.5 Å². The zero-order valence-electron chi connectivity index (χ0n) is 14.6. The molecule has 1 aliphatic carbocycles. The van der Waals surface area contributed by atoms with Crippen LogP contribution in [0.3, 0.4) is 0 Å². The number of benzene rings is 2. The number of carbonyl (C=O) groups excluding carboxylic acids is 1. The molecule has 1 aromatic heterocycles. The minimum absolute atomic E-state index is 0.0498. The van der Waals surface area contributed by atoms with Crippen molar-refractivity contribution in [2.45, 2.75) is 5.92 Å². The molecule has 1 amide bonds. The van der Waals surface area contributed by atoms with E-state index < -0.39 is 6.09 Å². The van der Waals surface area contributed by atoms with Gasteiger partial charge in [-0.05, 0) is 28.2 Å². The van der Waals surface area contributed by atoms with Crippen molar-refractivity contribution in [1.82, 2.24) is 15.3 Å². The Balaban J connectivity index is 1.36. The van der Waals surface area contributed by atoms with E-state index in [1.807, 2.05) is 24.3 Å². The highest BCUT2D eigenvalue weighted by molar-refractivity contribution is 5.79. The van der Waals surface area contributed by atoms with Crippen LogP contribution in [0, 0.1) is 11.8 Å². The number of amides is 1. The number of hydrogen-bond acceptors (Lipinski definition) is 4. The van der Waals surface area contributed by atoms with Crippen molar-refractivity contribution in [3.63, 3.8) is 0 Å². The van der Waals surface area contributed by atoms with Crippen LogP contribution in [0.4, 0.5) is 4.79 Å². The standard InChI is InChI=1S/C22H17N3O2/c26-22(25-11-5-6-16-14-23-12-13-24-16)27-15-21-19-9-3-1-7-17(19)18-8-2-4-10-20(18)21/h1-4,7-10,12-14,21H,11,15H2,(H,25,26). The van der Waals surface area contributed by atoms with Gasteiger partial charge in [-0.25, -0.2) is 9.78 Å². The van der Waals surface area contributed by atoms with Gasteiger partial charge >= 0.3 is 6.09 Å². The second-order valence-electron chi connectivity index (χ2n) is 6.07. The number of rotatable bonds is 3. The fraction of sp³-hybridized carbons (Fsp3) is 0.136. The molecule has 0 saturated heterocycles. The Morgan fingerprint density at radius 1 is 1.04 bits per heavy atom. The summed E-state index contributed by atoms with van der Waals surface area (Å²) < 4.78 is 5.45. The Labute approximate surface area is 157 Å². The first-order valence-corrected chi connectivity index (χ1v) is 8.66. The molecule has 0 fully saturated rings. The van der Waals surface area contributed by atoms with Gasteiger partial charge in [0.25, 0.3) is 0 Å². The molecule has 27 heavy (non-hydrogen) atoms. The first kappa shape index (κ1) is 16.8. The van der Waals surface area contributed by atoms with E-state index in [2.05, 4.69) is 51.4 Å². The molecule has 2 aromatic carbocycles. The van der Waals surface area contributed by atoms with Gasteiger partial charge in [0.2, 0.25) is 0 Å². The van der Waals surface area contributed by atoms with E-state index in [4.69, 9.17) is 4.74 Å². The molecule has 5 nitrogen and oxygen atoms in total. The van der Waals surface area contributed by atoms with E-state index in [0.717, 1.165) is 0 Å². The smallest absolute Gasteiger partial charge is 0.407 e. The minimum atomic E-state index is -0.481. The van der Waals surface area contributed by atoms with Crippen LogP contribution in [0.25, 0.3) is 11.1 Å². The van der Waals surface area contributed by atoms with Gasteiger partial charge in [0, 0.05) is 18.3 Å². The fourth-order valence-corrected chi connectivity index (χ4v) is 3.26. The monoisotopic (exact) mass is 355 g/mol. The molecule has 0 unspecified atom stereocenters.